The molecule has 102 valence electrons. The van der Waals surface area contributed by atoms with E-state index in [9.17, 15) is 0 Å². The van der Waals surface area contributed by atoms with Crippen LogP contribution in [0.5, 0.6) is 11.5 Å². The van der Waals surface area contributed by atoms with Crippen LogP contribution in [0.1, 0.15) is 11.1 Å². The molecule has 2 nitrogen and oxygen atoms in total. The van der Waals surface area contributed by atoms with Gasteiger partial charge in [0.25, 0.3) is 0 Å². The van der Waals surface area contributed by atoms with Crippen molar-refractivity contribution in [3.05, 3.63) is 59.7 Å². The molecule has 5 heteroatoms. The normalized spacial score (nSPS) is 8.42. The molecular weight excluding hydrogens is 502 g/mol. The van der Waals surface area contributed by atoms with E-state index in [1.807, 2.05) is 50.2 Å². The van der Waals surface area contributed by atoms with Crippen LogP contribution in [0.3, 0.4) is 0 Å². The van der Waals surface area contributed by atoms with E-state index in [2.05, 4.69) is 38.4 Å². The van der Waals surface area contributed by atoms with Crippen molar-refractivity contribution in [2.45, 2.75) is 13.8 Å². The number of aromatic hydroxyl groups is 2. The van der Waals surface area contributed by atoms with Gasteiger partial charge in [0.2, 0.25) is 0 Å². The molecule has 0 fully saturated rings. The van der Waals surface area contributed by atoms with Gasteiger partial charge in [0.15, 0.2) is 0 Å². The van der Waals surface area contributed by atoms with Crippen molar-refractivity contribution in [2.24, 2.45) is 0 Å². The van der Waals surface area contributed by atoms with Gasteiger partial charge in [-0.3, -0.25) is 0 Å². The molecule has 2 rings (SSSR count). The van der Waals surface area contributed by atoms with Gasteiger partial charge in [-0.05, 0) is 37.1 Å². The van der Waals surface area contributed by atoms with E-state index in [1.165, 1.54) is 0 Å². The molecule has 0 aliphatic carbocycles. The van der Waals surface area contributed by atoms with Crippen molar-refractivity contribution in [1.82, 2.24) is 0 Å². The number of hydrogen-bond donors (Lipinski definition) is 2. The van der Waals surface area contributed by atoms with Crippen LogP contribution < -0.4 is 0 Å². The molecule has 0 spiro atoms. The van der Waals surface area contributed by atoms with Gasteiger partial charge >= 0.3 is 50.0 Å². The van der Waals surface area contributed by atoms with Gasteiger partial charge in [-0.1, -0.05) is 36.4 Å². The third kappa shape index (κ3) is 9.70. The van der Waals surface area contributed by atoms with Gasteiger partial charge in [0.1, 0.15) is 11.5 Å². The van der Waals surface area contributed by atoms with Crippen molar-refractivity contribution < 1.29 is 21.9 Å². The maximum absolute atomic E-state index is 8.92. The fraction of sp³-hybridized carbons (Fsp3) is 0.143. The Kier molecular flexibility index (Phi) is 12.1. The molecule has 2 aromatic rings. The first-order valence-electron chi connectivity index (χ1n) is 5.48. The van der Waals surface area contributed by atoms with Crippen LogP contribution in [-0.4, -0.2) is 10.2 Å². The van der Waals surface area contributed by atoms with Crippen molar-refractivity contribution >= 4 is 38.4 Å². The van der Waals surface area contributed by atoms with E-state index in [-0.39, 0.29) is 0 Å². The Labute approximate surface area is 143 Å². The maximum atomic E-state index is 8.92. The quantitative estimate of drug-likeness (QED) is 0.374. The van der Waals surface area contributed by atoms with Crippen molar-refractivity contribution in [3.63, 3.8) is 0 Å². The molecule has 0 amide bonds. The first-order valence-corrected chi connectivity index (χ1v) is 15.6. The predicted molar refractivity (Wildman–Crippen MR) is 93.7 cm³/mol. The van der Waals surface area contributed by atoms with Crippen LogP contribution in [0.15, 0.2) is 48.5 Å². The predicted octanol–water partition coefficient (Wildman–Crippen LogP) is 5.17. The topological polar surface area (TPSA) is 40.5 Å². The summed E-state index contributed by atoms with van der Waals surface area (Å²) >= 11 is 5.24. The Morgan fingerprint density at radius 3 is 1.16 bits per heavy atom. The van der Waals surface area contributed by atoms with E-state index in [0.717, 1.165) is 11.1 Å². The minimum absolute atomic E-state index is 0.368. The van der Waals surface area contributed by atoms with Crippen LogP contribution >= 0.6 is 38.4 Å². The van der Waals surface area contributed by atoms with Crippen LogP contribution in [0, 0.1) is 13.8 Å². The first kappa shape index (κ1) is 19.2. The molecule has 2 aromatic carbocycles. The van der Waals surface area contributed by atoms with Gasteiger partial charge in [0, 0.05) is 0 Å². The molecule has 0 heterocycles. The summed E-state index contributed by atoms with van der Waals surface area (Å²) in [5, 5.41) is 17.8. The van der Waals surface area contributed by atoms with Gasteiger partial charge < -0.3 is 10.2 Å². The molecule has 0 aliphatic rings. The van der Waals surface area contributed by atoms with Crippen LogP contribution in [0.2, 0.25) is 0 Å². The Morgan fingerprint density at radius 1 is 0.737 bits per heavy atom. The number of benzene rings is 2. The molecule has 2 N–H and O–H groups in total. The second-order valence-electron chi connectivity index (χ2n) is 3.64. The Morgan fingerprint density at radius 2 is 1.00 bits per heavy atom. The summed E-state index contributed by atoms with van der Waals surface area (Å²) in [6.07, 6.45) is 0. The van der Waals surface area contributed by atoms with E-state index in [1.54, 1.807) is 12.1 Å². The summed E-state index contributed by atoms with van der Waals surface area (Å²) in [6, 6.07) is 14.5. The Hall–Kier alpha value is 0.214. The molecule has 0 radical (unpaired) electrons. The number of rotatable bonds is 0. The summed E-state index contributed by atoms with van der Waals surface area (Å²) in [4.78, 5) is 0. The number of hydrogen-bond acceptors (Lipinski definition) is 2. The second-order valence-corrected chi connectivity index (χ2v) is 16.8. The van der Waals surface area contributed by atoms with Crippen LogP contribution in [0.25, 0.3) is 0 Å². The van der Waals surface area contributed by atoms with E-state index in [4.69, 9.17) is 10.2 Å². The van der Waals surface area contributed by atoms with E-state index < -0.39 is 0 Å². The summed E-state index contributed by atoms with van der Waals surface area (Å²) < 4.78 is 0. The number of phenolic OH excluding ortho intramolecular Hbond substituents is 2. The van der Waals surface area contributed by atoms with Gasteiger partial charge in [-0.15, -0.1) is 0 Å². The zero-order valence-corrected chi connectivity index (χ0v) is 16.6. The molecule has 0 unspecified atom stereocenters. The zero-order chi connectivity index (χ0) is 14.7. The van der Waals surface area contributed by atoms with Crippen molar-refractivity contribution in [1.29, 1.82) is 0 Å². The zero-order valence-electron chi connectivity index (χ0n) is 10.8. The molecule has 0 saturated heterocycles. The molecule has 19 heavy (non-hydrogen) atoms. The number of halogens is 2. The molecular formula is C14H16I2O2Ti. The monoisotopic (exact) mass is 518 g/mol. The standard InChI is InChI=1S/2C7H8O.2HI.Ti/c2*1-6-4-2-3-5-7(6)8;;;/h2*2-5,8H,1H3;2*1H;/q;;;;+2/p-2. The number of phenols is 2. The van der Waals surface area contributed by atoms with Gasteiger partial charge in [0.05, 0.1) is 0 Å². The second kappa shape index (κ2) is 12.0. The van der Waals surface area contributed by atoms with Gasteiger partial charge in [-0.25, -0.2) is 0 Å². The Balaban J connectivity index is 0.000000284. The molecule has 0 bridgehead atoms. The Bertz CT molecular complexity index is 393. The van der Waals surface area contributed by atoms with Crippen LogP contribution in [-0.2, 0) is 11.7 Å². The summed E-state index contributed by atoms with van der Waals surface area (Å²) in [5.74, 6) is 0.736. The minimum atomic E-state index is 0.368. The van der Waals surface area contributed by atoms with E-state index >= 15 is 0 Å². The average molecular weight is 518 g/mol. The van der Waals surface area contributed by atoms with Gasteiger partial charge in [-0.2, -0.15) is 0 Å². The average Bonchev–Trinajstić information content (AvgIpc) is 2.38. The number of para-hydroxylation sites is 2. The molecule has 0 aromatic heterocycles. The SMILES string of the molecule is Cc1ccccc1O.Cc1ccccc1O.[I][Ti][I]. The summed E-state index contributed by atoms with van der Waals surface area (Å²) in [6.45, 7) is 3.74. The number of aryl methyl sites for hydroxylation is 2. The first-order chi connectivity index (χ1) is 9.02. The third-order valence-corrected chi connectivity index (χ3v) is 2.23. The van der Waals surface area contributed by atoms with E-state index in [0.29, 0.717) is 23.2 Å². The fourth-order valence-electron chi connectivity index (χ4n) is 1.13. The summed E-state index contributed by atoms with van der Waals surface area (Å²) in [5.41, 5.74) is 1.85. The van der Waals surface area contributed by atoms with Crippen LogP contribution in [0.4, 0.5) is 0 Å². The molecule has 0 saturated carbocycles. The molecule has 0 aliphatic heterocycles. The van der Waals surface area contributed by atoms with Crippen molar-refractivity contribution in [3.8, 4) is 11.5 Å². The third-order valence-electron chi connectivity index (χ3n) is 2.23. The fourth-order valence-corrected chi connectivity index (χ4v) is 1.13. The van der Waals surface area contributed by atoms with Crippen molar-refractivity contribution in [2.75, 3.05) is 0 Å². The molecule has 0 atom stereocenters. The summed E-state index contributed by atoms with van der Waals surface area (Å²) in [7, 11) is 0.